The Morgan fingerprint density at radius 2 is 1.86 bits per heavy atom. The van der Waals surface area contributed by atoms with E-state index in [0.717, 1.165) is 35.6 Å². The molecule has 1 aromatic heterocycles. The Kier molecular flexibility index (Phi) is 5.59. The number of methoxy groups -OCH3 is 1. The molecule has 2 rings (SSSR count). The third-order valence-electron chi connectivity index (χ3n) is 3.30. The highest BCUT2D eigenvalue weighted by Crippen LogP contribution is 2.27. The molecule has 4 heteroatoms. The number of pyridine rings is 1. The molecule has 0 aliphatic heterocycles. The van der Waals surface area contributed by atoms with E-state index in [1.165, 1.54) is 5.56 Å². The molecule has 2 aromatic rings. The van der Waals surface area contributed by atoms with Gasteiger partial charge < -0.3 is 9.47 Å². The van der Waals surface area contributed by atoms with E-state index >= 15 is 0 Å². The van der Waals surface area contributed by atoms with Crippen molar-refractivity contribution in [2.75, 3.05) is 13.7 Å². The number of aryl methyl sites for hydroxylation is 2. The predicted molar refractivity (Wildman–Crippen MR) is 85.4 cm³/mol. The summed E-state index contributed by atoms with van der Waals surface area (Å²) in [6, 6.07) is 9.98. The van der Waals surface area contributed by atoms with Gasteiger partial charge in [0.25, 0.3) is 0 Å². The summed E-state index contributed by atoms with van der Waals surface area (Å²) in [4.78, 5) is 4.45. The van der Waals surface area contributed by atoms with Crippen LogP contribution in [-0.2, 0) is 17.0 Å². The van der Waals surface area contributed by atoms with E-state index < -0.39 is 0 Å². The molecule has 1 heterocycles. The van der Waals surface area contributed by atoms with Crippen LogP contribution in [-0.4, -0.2) is 18.7 Å². The van der Waals surface area contributed by atoms with E-state index in [9.17, 15) is 0 Å². The van der Waals surface area contributed by atoms with Crippen LogP contribution in [0, 0.1) is 13.8 Å². The van der Waals surface area contributed by atoms with Crippen molar-refractivity contribution >= 4 is 11.6 Å². The highest BCUT2D eigenvalue weighted by molar-refractivity contribution is 6.17. The van der Waals surface area contributed by atoms with E-state index in [1.54, 1.807) is 7.11 Å². The Morgan fingerprint density at radius 1 is 1.14 bits per heavy atom. The molecule has 0 saturated heterocycles. The quantitative estimate of drug-likeness (QED) is 0.740. The number of benzene rings is 1. The van der Waals surface area contributed by atoms with Gasteiger partial charge in [0, 0.05) is 18.4 Å². The van der Waals surface area contributed by atoms with Crippen LogP contribution >= 0.6 is 11.6 Å². The zero-order valence-corrected chi connectivity index (χ0v) is 13.4. The van der Waals surface area contributed by atoms with Crippen LogP contribution in [0.5, 0.6) is 11.6 Å². The van der Waals surface area contributed by atoms with E-state index in [2.05, 4.69) is 4.98 Å². The molecule has 0 saturated carbocycles. The lowest BCUT2D eigenvalue weighted by Crippen LogP contribution is -1.98. The van der Waals surface area contributed by atoms with Gasteiger partial charge >= 0.3 is 0 Å². The normalized spacial score (nSPS) is 10.7. The summed E-state index contributed by atoms with van der Waals surface area (Å²) in [6.07, 6.45) is 0.894. The Balaban J connectivity index is 2.18. The number of hydrogen-bond donors (Lipinski definition) is 0. The van der Waals surface area contributed by atoms with Gasteiger partial charge in [-0.3, -0.25) is 0 Å². The zero-order chi connectivity index (χ0) is 15.2. The van der Waals surface area contributed by atoms with Gasteiger partial charge in [-0.1, -0.05) is 12.1 Å². The summed E-state index contributed by atoms with van der Waals surface area (Å²) in [6.45, 7) is 4.69. The van der Waals surface area contributed by atoms with Crippen LogP contribution < -0.4 is 4.74 Å². The maximum Gasteiger partial charge on any atom is 0.224 e. The monoisotopic (exact) mass is 305 g/mol. The number of halogens is 1. The fourth-order valence-electron chi connectivity index (χ4n) is 2.13. The standard InChI is InChI=1S/C17H20ClNO2/c1-12-10-13(2)19-17(16(12)11-18)21-15-6-4-14(5-7-15)8-9-20-3/h4-7,10H,8-9,11H2,1-3H3. The molecule has 0 bridgehead atoms. The molecule has 0 N–H and O–H groups in total. The second-order valence-corrected chi connectivity index (χ2v) is 5.25. The number of rotatable bonds is 6. The molecule has 112 valence electrons. The third kappa shape index (κ3) is 4.19. The van der Waals surface area contributed by atoms with Crippen LogP contribution in [0.2, 0.25) is 0 Å². The fraction of sp³-hybridized carbons (Fsp3) is 0.353. The second kappa shape index (κ2) is 7.43. The molecule has 0 amide bonds. The lowest BCUT2D eigenvalue weighted by molar-refractivity contribution is 0.202. The molecule has 0 radical (unpaired) electrons. The van der Waals surface area contributed by atoms with Gasteiger partial charge in [-0.2, -0.15) is 0 Å². The topological polar surface area (TPSA) is 31.4 Å². The minimum Gasteiger partial charge on any atom is -0.439 e. The van der Waals surface area contributed by atoms with Crippen molar-refractivity contribution in [1.82, 2.24) is 4.98 Å². The lowest BCUT2D eigenvalue weighted by Gasteiger charge is -2.12. The number of aromatic nitrogens is 1. The molecule has 0 atom stereocenters. The molecule has 0 unspecified atom stereocenters. The van der Waals surface area contributed by atoms with Gasteiger partial charge in [0.1, 0.15) is 5.75 Å². The summed E-state index contributed by atoms with van der Waals surface area (Å²) in [5.74, 6) is 1.74. The summed E-state index contributed by atoms with van der Waals surface area (Å²) in [5, 5.41) is 0. The summed E-state index contributed by atoms with van der Waals surface area (Å²) < 4.78 is 11.0. The SMILES string of the molecule is COCCc1ccc(Oc2nc(C)cc(C)c2CCl)cc1. The van der Waals surface area contributed by atoms with E-state index in [1.807, 2.05) is 44.2 Å². The number of ether oxygens (including phenoxy) is 2. The minimum absolute atomic E-state index is 0.389. The van der Waals surface area contributed by atoms with Crippen LogP contribution in [0.4, 0.5) is 0 Å². The summed E-state index contributed by atoms with van der Waals surface area (Å²) in [7, 11) is 1.71. The summed E-state index contributed by atoms with van der Waals surface area (Å²) in [5.41, 5.74) is 4.18. The van der Waals surface area contributed by atoms with Crippen molar-refractivity contribution in [3.63, 3.8) is 0 Å². The first kappa shape index (κ1) is 15.8. The van der Waals surface area contributed by atoms with Gasteiger partial charge in [-0.25, -0.2) is 4.98 Å². The number of alkyl halides is 1. The molecule has 1 aromatic carbocycles. The molecule has 0 aliphatic carbocycles. The fourth-order valence-corrected chi connectivity index (χ4v) is 2.46. The van der Waals surface area contributed by atoms with Crippen LogP contribution in [0.3, 0.4) is 0 Å². The molecule has 0 aliphatic rings. The smallest absolute Gasteiger partial charge is 0.224 e. The van der Waals surface area contributed by atoms with Crippen molar-refractivity contribution in [3.8, 4) is 11.6 Å². The first-order valence-electron chi connectivity index (χ1n) is 6.93. The summed E-state index contributed by atoms with van der Waals surface area (Å²) >= 11 is 6.00. The number of hydrogen-bond acceptors (Lipinski definition) is 3. The average Bonchev–Trinajstić information content (AvgIpc) is 2.46. The van der Waals surface area contributed by atoms with Crippen molar-refractivity contribution in [3.05, 3.63) is 52.7 Å². The van der Waals surface area contributed by atoms with Gasteiger partial charge in [-0.05, 0) is 49.6 Å². The molecule has 0 fully saturated rings. The molecular formula is C17H20ClNO2. The maximum atomic E-state index is 6.00. The molecular weight excluding hydrogens is 286 g/mol. The Hall–Kier alpha value is -1.58. The highest BCUT2D eigenvalue weighted by Gasteiger charge is 2.10. The van der Waals surface area contributed by atoms with Gasteiger partial charge in [0.05, 0.1) is 12.5 Å². The van der Waals surface area contributed by atoms with Crippen molar-refractivity contribution in [1.29, 1.82) is 0 Å². The Bertz CT molecular complexity index is 596. The lowest BCUT2D eigenvalue weighted by atomic mass is 10.1. The second-order valence-electron chi connectivity index (χ2n) is 4.99. The minimum atomic E-state index is 0.389. The number of nitrogens with zero attached hydrogens (tertiary/aromatic N) is 1. The van der Waals surface area contributed by atoms with Crippen molar-refractivity contribution in [2.45, 2.75) is 26.1 Å². The first-order valence-corrected chi connectivity index (χ1v) is 7.46. The van der Waals surface area contributed by atoms with Gasteiger partial charge in [0.2, 0.25) is 5.88 Å². The Labute approximate surface area is 130 Å². The van der Waals surface area contributed by atoms with Crippen LogP contribution in [0.25, 0.3) is 0 Å². The highest BCUT2D eigenvalue weighted by atomic mass is 35.5. The maximum absolute atomic E-state index is 6.00. The van der Waals surface area contributed by atoms with E-state index in [0.29, 0.717) is 11.8 Å². The Morgan fingerprint density at radius 3 is 2.48 bits per heavy atom. The van der Waals surface area contributed by atoms with Crippen molar-refractivity contribution in [2.24, 2.45) is 0 Å². The zero-order valence-electron chi connectivity index (χ0n) is 12.6. The van der Waals surface area contributed by atoms with Crippen molar-refractivity contribution < 1.29 is 9.47 Å². The third-order valence-corrected chi connectivity index (χ3v) is 3.57. The first-order chi connectivity index (χ1) is 10.1. The molecule has 0 spiro atoms. The molecule has 21 heavy (non-hydrogen) atoms. The average molecular weight is 306 g/mol. The van der Waals surface area contributed by atoms with Gasteiger partial charge in [0.15, 0.2) is 0 Å². The van der Waals surface area contributed by atoms with E-state index in [-0.39, 0.29) is 0 Å². The largest absolute Gasteiger partial charge is 0.439 e. The molecule has 3 nitrogen and oxygen atoms in total. The van der Waals surface area contributed by atoms with E-state index in [4.69, 9.17) is 21.1 Å². The van der Waals surface area contributed by atoms with Gasteiger partial charge in [-0.15, -0.1) is 11.6 Å². The van der Waals surface area contributed by atoms with Crippen LogP contribution in [0.15, 0.2) is 30.3 Å². The van der Waals surface area contributed by atoms with Crippen LogP contribution in [0.1, 0.15) is 22.4 Å². The predicted octanol–water partition coefficient (Wildman–Crippen LogP) is 4.42.